The Hall–Kier alpha value is -1.26. The number of hydrogen-bond donors (Lipinski definition) is 2. The van der Waals surface area contributed by atoms with Crippen molar-refractivity contribution >= 4 is 0 Å². The van der Waals surface area contributed by atoms with Crippen LogP contribution in [-0.2, 0) is 0 Å². The topological polar surface area (TPSA) is 64.7 Å². The van der Waals surface area contributed by atoms with Crippen LogP contribution in [-0.4, -0.2) is 18.0 Å². The van der Waals surface area contributed by atoms with Gasteiger partial charge in [0.15, 0.2) is 11.5 Å². The Labute approximate surface area is 82.2 Å². The average Bonchev–Trinajstić information content (AvgIpc) is 2.63. The molecule has 4 heteroatoms. The summed E-state index contributed by atoms with van der Waals surface area (Å²) in [5, 5.41) is 9.38. The van der Waals surface area contributed by atoms with Gasteiger partial charge in [0.2, 0.25) is 6.79 Å². The van der Waals surface area contributed by atoms with Gasteiger partial charge in [-0.2, -0.15) is 0 Å². The number of para-hydroxylation sites is 1. The van der Waals surface area contributed by atoms with E-state index in [4.69, 9.17) is 15.2 Å². The molecule has 2 atom stereocenters. The molecule has 0 saturated heterocycles. The minimum Gasteiger partial charge on any atom is -0.454 e. The van der Waals surface area contributed by atoms with Crippen molar-refractivity contribution in [2.45, 2.75) is 19.1 Å². The summed E-state index contributed by atoms with van der Waals surface area (Å²) in [6.45, 7) is 1.87. The monoisotopic (exact) mass is 195 g/mol. The third kappa shape index (κ3) is 1.42. The van der Waals surface area contributed by atoms with Crippen LogP contribution in [0.3, 0.4) is 0 Å². The Kier molecular flexibility index (Phi) is 2.31. The molecule has 0 aliphatic carbocycles. The second kappa shape index (κ2) is 3.48. The predicted octanol–water partition coefficient (Wildman–Crippen LogP) is 0.796. The molecule has 0 amide bonds. The van der Waals surface area contributed by atoms with Gasteiger partial charge in [-0.05, 0) is 13.0 Å². The Morgan fingerprint density at radius 3 is 2.93 bits per heavy atom. The molecule has 1 aromatic carbocycles. The molecule has 2 unspecified atom stereocenters. The maximum atomic E-state index is 9.38. The molecule has 2 rings (SSSR count). The number of hydrogen-bond acceptors (Lipinski definition) is 4. The van der Waals surface area contributed by atoms with E-state index in [1.54, 1.807) is 6.92 Å². The summed E-state index contributed by atoms with van der Waals surface area (Å²) in [4.78, 5) is 0. The van der Waals surface area contributed by atoms with E-state index in [1.165, 1.54) is 0 Å². The van der Waals surface area contributed by atoms with E-state index in [1.807, 2.05) is 18.2 Å². The highest BCUT2D eigenvalue weighted by molar-refractivity contribution is 5.49. The van der Waals surface area contributed by atoms with E-state index >= 15 is 0 Å². The summed E-state index contributed by atoms with van der Waals surface area (Å²) in [6, 6.07) is 5.06. The first kappa shape index (κ1) is 9.30. The summed E-state index contributed by atoms with van der Waals surface area (Å²) in [5.41, 5.74) is 6.61. The number of benzene rings is 1. The molecule has 4 nitrogen and oxygen atoms in total. The van der Waals surface area contributed by atoms with Crippen LogP contribution >= 0.6 is 0 Å². The van der Waals surface area contributed by atoms with E-state index in [-0.39, 0.29) is 6.79 Å². The number of fused-ring (bicyclic) bond motifs is 1. The molecule has 0 aromatic heterocycles. The van der Waals surface area contributed by atoms with Crippen molar-refractivity contribution in [2.75, 3.05) is 6.79 Å². The van der Waals surface area contributed by atoms with Gasteiger partial charge in [0.1, 0.15) is 0 Å². The summed E-state index contributed by atoms with van der Waals surface area (Å²) < 4.78 is 10.5. The lowest BCUT2D eigenvalue weighted by molar-refractivity contribution is 0.156. The minimum absolute atomic E-state index is 0.221. The van der Waals surface area contributed by atoms with Gasteiger partial charge in [0.05, 0.1) is 12.1 Å². The van der Waals surface area contributed by atoms with Crippen molar-refractivity contribution in [1.29, 1.82) is 0 Å². The average molecular weight is 195 g/mol. The molecule has 1 aliphatic heterocycles. The quantitative estimate of drug-likeness (QED) is 0.732. The molecule has 0 fully saturated rings. The Balaban J connectivity index is 2.39. The van der Waals surface area contributed by atoms with Gasteiger partial charge in [-0.25, -0.2) is 0 Å². The maximum absolute atomic E-state index is 9.38. The number of ether oxygens (including phenoxy) is 2. The summed E-state index contributed by atoms with van der Waals surface area (Å²) in [6.07, 6.45) is -0.606. The van der Waals surface area contributed by atoms with Crippen LogP contribution in [0.15, 0.2) is 18.2 Å². The smallest absolute Gasteiger partial charge is 0.231 e. The molecule has 1 heterocycles. The Bertz CT molecular complexity index is 338. The van der Waals surface area contributed by atoms with Crippen LogP contribution in [0.2, 0.25) is 0 Å². The van der Waals surface area contributed by atoms with Gasteiger partial charge in [0, 0.05) is 5.56 Å². The van der Waals surface area contributed by atoms with Crippen LogP contribution in [0.4, 0.5) is 0 Å². The third-order valence-electron chi connectivity index (χ3n) is 2.31. The van der Waals surface area contributed by atoms with Gasteiger partial charge in [-0.15, -0.1) is 0 Å². The lowest BCUT2D eigenvalue weighted by atomic mass is 10.0. The van der Waals surface area contributed by atoms with Crippen LogP contribution in [0.5, 0.6) is 11.5 Å². The first-order valence-corrected chi connectivity index (χ1v) is 4.52. The van der Waals surface area contributed by atoms with Crippen LogP contribution in [0, 0.1) is 0 Å². The number of aliphatic hydroxyl groups is 1. The molecule has 0 radical (unpaired) electrons. The van der Waals surface area contributed by atoms with Crippen LogP contribution in [0.1, 0.15) is 18.5 Å². The largest absolute Gasteiger partial charge is 0.454 e. The predicted molar refractivity (Wildman–Crippen MR) is 51.2 cm³/mol. The van der Waals surface area contributed by atoms with Gasteiger partial charge in [0.25, 0.3) is 0 Å². The fraction of sp³-hybridized carbons (Fsp3) is 0.400. The molecule has 0 bridgehead atoms. The number of rotatable bonds is 2. The van der Waals surface area contributed by atoms with Crippen LogP contribution < -0.4 is 15.2 Å². The zero-order valence-corrected chi connectivity index (χ0v) is 7.93. The first-order chi connectivity index (χ1) is 6.70. The molecule has 76 valence electrons. The van der Waals surface area contributed by atoms with E-state index < -0.39 is 12.1 Å². The SMILES string of the molecule is CC(O)C(N)c1cccc2c1OCO2. The molecule has 0 saturated carbocycles. The second-order valence-corrected chi connectivity index (χ2v) is 3.35. The highest BCUT2D eigenvalue weighted by atomic mass is 16.7. The Morgan fingerprint density at radius 1 is 1.43 bits per heavy atom. The van der Waals surface area contributed by atoms with Crippen molar-refractivity contribution in [3.8, 4) is 11.5 Å². The van der Waals surface area contributed by atoms with E-state index in [9.17, 15) is 5.11 Å². The lowest BCUT2D eigenvalue weighted by Gasteiger charge is -2.16. The third-order valence-corrected chi connectivity index (χ3v) is 2.31. The summed E-state index contributed by atoms with van der Waals surface area (Å²) >= 11 is 0. The maximum Gasteiger partial charge on any atom is 0.231 e. The summed E-state index contributed by atoms with van der Waals surface area (Å²) in [5.74, 6) is 1.35. The standard InChI is InChI=1S/C10H13NO3/c1-6(12)9(11)7-3-2-4-8-10(7)14-5-13-8/h2-4,6,9,12H,5,11H2,1H3. The lowest BCUT2D eigenvalue weighted by Crippen LogP contribution is -2.23. The van der Waals surface area contributed by atoms with Crippen molar-refractivity contribution in [2.24, 2.45) is 5.73 Å². The summed E-state index contributed by atoms with van der Waals surface area (Å²) in [7, 11) is 0. The molecular weight excluding hydrogens is 182 g/mol. The number of nitrogens with two attached hydrogens (primary N) is 1. The van der Waals surface area contributed by atoms with Gasteiger partial charge < -0.3 is 20.3 Å². The van der Waals surface area contributed by atoms with Crippen molar-refractivity contribution in [3.05, 3.63) is 23.8 Å². The highest BCUT2D eigenvalue weighted by Gasteiger charge is 2.23. The van der Waals surface area contributed by atoms with Gasteiger partial charge in [-0.1, -0.05) is 12.1 Å². The fourth-order valence-corrected chi connectivity index (χ4v) is 1.48. The van der Waals surface area contributed by atoms with Crippen molar-refractivity contribution < 1.29 is 14.6 Å². The highest BCUT2D eigenvalue weighted by Crippen LogP contribution is 2.38. The van der Waals surface area contributed by atoms with E-state index in [2.05, 4.69) is 0 Å². The van der Waals surface area contributed by atoms with E-state index in [0.717, 1.165) is 5.56 Å². The molecule has 1 aliphatic rings. The molecular formula is C10H13NO3. The minimum atomic E-state index is -0.606. The Morgan fingerprint density at radius 2 is 2.21 bits per heavy atom. The van der Waals surface area contributed by atoms with E-state index in [0.29, 0.717) is 11.5 Å². The molecule has 3 N–H and O–H groups in total. The molecule has 14 heavy (non-hydrogen) atoms. The normalized spacial score (nSPS) is 17.9. The van der Waals surface area contributed by atoms with Crippen molar-refractivity contribution in [1.82, 2.24) is 0 Å². The fourth-order valence-electron chi connectivity index (χ4n) is 1.48. The number of aliphatic hydroxyl groups excluding tert-OH is 1. The molecule has 1 aromatic rings. The van der Waals surface area contributed by atoms with Gasteiger partial charge >= 0.3 is 0 Å². The van der Waals surface area contributed by atoms with Crippen molar-refractivity contribution in [3.63, 3.8) is 0 Å². The molecule has 0 spiro atoms. The zero-order chi connectivity index (χ0) is 10.1. The zero-order valence-electron chi connectivity index (χ0n) is 7.93. The second-order valence-electron chi connectivity index (χ2n) is 3.35. The van der Waals surface area contributed by atoms with Gasteiger partial charge in [-0.3, -0.25) is 0 Å². The van der Waals surface area contributed by atoms with Crippen LogP contribution in [0.25, 0.3) is 0 Å². The first-order valence-electron chi connectivity index (χ1n) is 4.52.